The first-order valence-corrected chi connectivity index (χ1v) is 8.06. The van der Waals surface area contributed by atoms with Gasteiger partial charge in [-0.1, -0.05) is 13.8 Å². The highest BCUT2D eigenvalue weighted by molar-refractivity contribution is 7.18. The number of rotatable bonds is 3. The third-order valence-electron chi connectivity index (χ3n) is 3.93. The van der Waals surface area contributed by atoms with Crippen LogP contribution in [0.15, 0.2) is 4.79 Å². The highest BCUT2D eigenvalue weighted by Gasteiger charge is 2.22. The van der Waals surface area contributed by atoms with Gasteiger partial charge in [-0.25, -0.2) is 9.37 Å². The SMILES string of the molecule is CC(C)c1nc2sc3c(c2c(=O)n1CCF)CCCC3. The van der Waals surface area contributed by atoms with Crippen LogP contribution in [-0.2, 0) is 19.4 Å². The summed E-state index contributed by atoms with van der Waals surface area (Å²) in [6, 6.07) is 0. The molecule has 0 N–H and O–H groups in total. The van der Waals surface area contributed by atoms with Gasteiger partial charge in [0, 0.05) is 10.8 Å². The van der Waals surface area contributed by atoms with E-state index in [2.05, 4.69) is 4.98 Å². The maximum atomic E-state index is 12.8. The van der Waals surface area contributed by atoms with Crippen molar-refractivity contribution in [2.75, 3.05) is 6.67 Å². The van der Waals surface area contributed by atoms with E-state index in [0.29, 0.717) is 5.82 Å². The standard InChI is InChI=1S/C15H19FN2OS/c1-9(2)13-17-14-12(15(19)18(13)8-7-16)10-5-3-4-6-11(10)20-14/h9H,3-8H2,1-2H3. The first-order chi connectivity index (χ1) is 9.63. The van der Waals surface area contributed by atoms with Gasteiger partial charge in [0.25, 0.3) is 5.56 Å². The van der Waals surface area contributed by atoms with Crippen LogP contribution in [0.3, 0.4) is 0 Å². The zero-order valence-electron chi connectivity index (χ0n) is 11.9. The Labute approximate surface area is 121 Å². The quantitative estimate of drug-likeness (QED) is 0.869. The number of halogens is 1. The van der Waals surface area contributed by atoms with Gasteiger partial charge < -0.3 is 0 Å². The van der Waals surface area contributed by atoms with Crippen LogP contribution in [0.5, 0.6) is 0 Å². The van der Waals surface area contributed by atoms with Gasteiger partial charge in [-0.15, -0.1) is 11.3 Å². The molecular formula is C15H19FN2OS. The fourth-order valence-electron chi connectivity index (χ4n) is 3.00. The van der Waals surface area contributed by atoms with Crippen molar-refractivity contribution < 1.29 is 4.39 Å². The summed E-state index contributed by atoms with van der Waals surface area (Å²) < 4.78 is 14.3. The van der Waals surface area contributed by atoms with Gasteiger partial charge in [0.2, 0.25) is 0 Å². The number of aryl methyl sites for hydroxylation is 2. The lowest BCUT2D eigenvalue weighted by Gasteiger charge is -2.14. The lowest BCUT2D eigenvalue weighted by atomic mass is 9.97. The van der Waals surface area contributed by atoms with Crippen LogP contribution >= 0.6 is 11.3 Å². The van der Waals surface area contributed by atoms with E-state index in [9.17, 15) is 9.18 Å². The number of aromatic nitrogens is 2. The molecule has 0 saturated carbocycles. The van der Waals surface area contributed by atoms with Crippen molar-refractivity contribution in [1.29, 1.82) is 0 Å². The number of alkyl halides is 1. The maximum Gasteiger partial charge on any atom is 0.262 e. The van der Waals surface area contributed by atoms with E-state index in [1.807, 2.05) is 13.8 Å². The number of hydrogen-bond acceptors (Lipinski definition) is 3. The second-order valence-electron chi connectivity index (χ2n) is 5.66. The van der Waals surface area contributed by atoms with Crippen molar-refractivity contribution in [3.8, 4) is 0 Å². The predicted molar refractivity (Wildman–Crippen MR) is 80.6 cm³/mol. The minimum absolute atomic E-state index is 0.0456. The van der Waals surface area contributed by atoms with Crippen LogP contribution in [0.2, 0.25) is 0 Å². The molecule has 2 heterocycles. The molecule has 3 rings (SSSR count). The van der Waals surface area contributed by atoms with E-state index < -0.39 is 6.67 Å². The van der Waals surface area contributed by atoms with Gasteiger partial charge >= 0.3 is 0 Å². The van der Waals surface area contributed by atoms with Crippen LogP contribution in [-0.4, -0.2) is 16.2 Å². The Kier molecular flexibility index (Phi) is 3.63. The summed E-state index contributed by atoms with van der Waals surface area (Å²) in [4.78, 5) is 19.6. The summed E-state index contributed by atoms with van der Waals surface area (Å²) in [5.41, 5.74) is 1.13. The molecule has 3 nitrogen and oxygen atoms in total. The van der Waals surface area contributed by atoms with Crippen molar-refractivity contribution >= 4 is 21.6 Å². The molecule has 0 aromatic carbocycles. The number of nitrogens with zero attached hydrogens (tertiary/aromatic N) is 2. The second-order valence-corrected chi connectivity index (χ2v) is 6.75. The van der Waals surface area contributed by atoms with Crippen molar-refractivity contribution in [2.24, 2.45) is 0 Å². The topological polar surface area (TPSA) is 34.9 Å². The highest BCUT2D eigenvalue weighted by Crippen LogP contribution is 2.34. The van der Waals surface area contributed by atoms with Crippen molar-refractivity contribution in [1.82, 2.24) is 9.55 Å². The highest BCUT2D eigenvalue weighted by atomic mass is 32.1. The average Bonchev–Trinajstić information content (AvgIpc) is 2.80. The third kappa shape index (κ3) is 2.08. The van der Waals surface area contributed by atoms with Gasteiger partial charge in [0.05, 0.1) is 11.9 Å². The second kappa shape index (κ2) is 5.28. The third-order valence-corrected chi connectivity index (χ3v) is 5.11. The summed E-state index contributed by atoms with van der Waals surface area (Å²) in [7, 11) is 0. The lowest BCUT2D eigenvalue weighted by Crippen LogP contribution is -2.27. The van der Waals surface area contributed by atoms with Crippen LogP contribution in [0.1, 0.15) is 48.9 Å². The van der Waals surface area contributed by atoms with E-state index in [-0.39, 0.29) is 18.0 Å². The van der Waals surface area contributed by atoms with E-state index >= 15 is 0 Å². The Morgan fingerprint density at radius 3 is 2.80 bits per heavy atom. The largest absolute Gasteiger partial charge is 0.293 e. The van der Waals surface area contributed by atoms with Gasteiger partial charge in [-0.3, -0.25) is 9.36 Å². The molecule has 1 aliphatic rings. The maximum absolute atomic E-state index is 12.8. The molecule has 1 aliphatic carbocycles. The molecule has 20 heavy (non-hydrogen) atoms. The Balaban J connectivity index is 2.32. The molecule has 0 aliphatic heterocycles. The monoisotopic (exact) mass is 294 g/mol. The van der Waals surface area contributed by atoms with Gasteiger partial charge in [0.15, 0.2) is 0 Å². The molecule has 5 heteroatoms. The zero-order chi connectivity index (χ0) is 14.3. The smallest absolute Gasteiger partial charge is 0.262 e. The van der Waals surface area contributed by atoms with Crippen LogP contribution in [0.25, 0.3) is 10.2 Å². The van der Waals surface area contributed by atoms with Gasteiger partial charge in [-0.05, 0) is 31.2 Å². The first kappa shape index (κ1) is 13.7. The summed E-state index contributed by atoms with van der Waals surface area (Å²) >= 11 is 1.65. The molecule has 2 aromatic heterocycles. The summed E-state index contributed by atoms with van der Waals surface area (Å²) in [6.45, 7) is 3.57. The van der Waals surface area contributed by atoms with E-state index in [0.717, 1.165) is 29.5 Å². The predicted octanol–water partition coefficient (Wildman–Crippen LogP) is 3.43. The number of thiophene rings is 1. The molecule has 0 unspecified atom stereocenters. The molecule has 0 saturated heterocycles. The van der Waals surface area contributed by atoms with Crippen LogP contribution < -0.4 is 5.56 Å². The molecule has 0 amide bonds. The average molecular weight is 294 g/mol. The van der Waals surface area contributed by atoms with E-state index in [1.54, 1.807) is 11.3 Å². The minimum Gasteiger partial charge on any atom is -0.293 e. The van der Waals surface area contributed by atoms with Crippen molar-refractivity contribution in [3.63, 3.8) is 0 Å². The fourth-order valence-corrected chi connectivity index (χ4v) is 4.25. The summed E-state index contributed by atoms with van der Waals surface area (Å²) in [5, 5.41) is 0.752. The first-order valence-electron chi connectivity index (χ1n) is 7.24. The normalized spacial score (nSPS) is 15.0. The molecule has 0 fully saturated rings. The Bertz CT molecular complexity index is 702. The molecule has 0 spiro atoms. The Morgan fingerprint density at radius 2 is 2.10 bits per heavy atom. The Morgan fingerprint density at radius 1 is 1.35 bits per heavy atom. The summed E-state index contributed by atoms with van der Waals surface area (Å²) in [6.07, 6.45) is 4.33. The number of fused-ring (bicyclic) bond motifs is 3. The summed E-state index contributed by atoms with van der Waals surface area (Å²) in [5.74, 6) is 0.830. The molecule has 0 atom stereocenters. The van der Waals surface area contributed by atoms with E-state index in [4.69, 9.17) is 0 Å². The minimum atomic E-state index is -0.529. The van der Waals surface area contributed by atoms with E-state index in [1.165, 1.54) is 21.4 Å². The molecule has 0 radical (unpaired) electrons. The molecule has 0 bridgehead atoms. The molecular weight excluding hydrogens is 275 g/mol. The number of hydrogen-bond donors (Lipinski definition) is 0. The zero-order valence-corrected chi connectivity index (χ0v) is 12.7. The van der Waals surface area contributed by atoms with Crippen LogP contribution in [0, 0.1) is 0 Å². The molecule has 108 valence electrons. The van der Waals surface area contributed by atoms with Crippen molar-refractivity contribution in [2.45, 2.75) is 52.0 Å². The lowest BCUT2D eigenvalue weighted by molar-refractivity contribution is 0.428. The fraction of sp³-hybridized carbons (Fsp3) is 0.600. The van der Waals surface area contributed by atoms with Gasteiger partial charge in [0.1, 0.15) is 17.3 Å². The van der Waals surface area contributed by atoms with Gasteiger partial charge in [-0.2, -0.15) is 0 Å². The van der Waals surface area contributed by atoms with Crippen molar-refractivity contribution in [3.05, 3.63) is 26.6 Å². The van der Waals surface area contributed by atoms with Crippen LogP contribution in [0.4, 0.5) is 4.39 Å². The Hall–Kier alpha value is -1.23. The molecule has 2 aromatic rings.